The van der Waals surface area contributed by atoms with Crippen molar-refractivity contribution < 1.29 is 0 Å². The second-order valence-electron chi connectivity index (χ2n) is 2.27. The van der Waals surface area contributed by atoms with Gasteiger partial charge in [-0.15, -0.1) is 0 Å². The van der Waals surface area contributed by atoms with Crippen molar-refractivity contribution in [3.8, 4) is 0 Å². The predicted molar refractivity (Wildman–Crippen MR) is 50.0 cm³/mol. The molecule has 0 N–H and O–H groups in total. The number of halogens is 2. The Bertz CT molecular complexity index is 333. The molecule has 1 aromatic carbocycles. The molecule has 0 unspecified atom stereocenters. The Morgan fingerprint density at radius 1 is 1.36 bits per heavy atom. The molecule has 1 radical (unpaired) electrons. The molecule has 3 heteroatoms. The first kappa shape index (κ1) is 7.19. The molecule has 55 valence electrons. The van der Waals surface area contributed by atoms with Crippen LogP contribution in [0.15, 0.2) is 22.8 Å². The lowest BCUT2D eigenvalue weighted by atomic mass is 10.2. The molecule has 0 bridgehead atoms. The summed E-state index contributed by atoms with van der Waals surface area (Å²) in [5.74, 6) is 0. The standard InChI is InChI=1S/C8H4BrClN/c9-5-3-7(10)6-1-2-11-8(6)4-5/h1-4H. The van der Waals surface area contributed by atoms with Crippen LogP contribution in [0.4, 0.5) is 5.69 Å². The maximum atomic E-state index is 5.93. The van der Waals surface area contributed by atoms with Crippen LogP contribution < -0.4 is 5.32 Å². The van der Waals surface area contributed by atoms with Crippen molar-refractivity contribution in [1.29, 1.82) is 0 Å². The molecule has 0 spiro atoms. The zero-order chi connectivity index (χ0) is 7.84. The molecular formula is C8H4BrClN. The molecule has 0 amide bonds. The van der Waals surface area contributed by atoms with E-state index in [1.165, 1.54) is 0 Å². The fraction of sp³-hybridized carbons (Fsp3) is 0. The molecule has 0 saturated carbocycles. The van der Waals surface area contributed by atoms with Gasteiger partial charge in [-0.25, -0.2) is 0 Å². The molecule has 0 aromatic heterocycles. The van der Waals surface area contributed by atoms with E-state index in [1.54, 1.807) is 6.20 Å². The molecule has 0 aliphatic carbocycles. The third-order valence-corrected chi connectivity index (χ3v) is 2.30. The predicted octanol–water partition coefficient (Wildman–Crippen LogP) is 3.32. The van der Waals surface area contributed by atoms with E-state index in [4.69, 9.17) is 11.6 Å². The van der Waals surface area contributed by atoms with E-state index in [0.29, 0.717) is 0 Å². The van der Waals surface area contributed by atoms with Crippen molar-refractivity contribution in [2.45, 2.75) is 0 Å². The van der Waals surface area contributed by atoms with E-state index >= 15 is 0 Å². The topological polar surface area (TPSA) is 14.1 Å². The third kappa shape index (κ3) is 1.17. The molecule has 11 heavy (non-hydrogen) atoms. The summed E-state index contributed by atoms with van der Waals surface area (Å²) in [7, 11) is 0. The monoisotopic (exact) mass is 228 g/mol. The Kier molecular flexibility index (Phi) is 1.66. The Balaban J connectivity index is 2.67. The molecule has 1 aromatic rings. The molecular weight excluding hydrogens is 225 g/mol. The fourth-order valence-corrected chi connectivity index (χ4v) is 1.89. The zero-order valence-corrected chi connectivity index (χ0v) is 7.85. The van der Waals surface area contributed by atoms with E-state index in [9.17, 15) is 0 Å². The molecule has 2 rings (SSSR count). The first-order valence-corrected chi connectivity index (χ1v) is 4.31. The summed E-state index contributed by atoms with van der Waals surface area (Å²) in [6.45, 7) is 0. The second-order valence-corrected chi connectivity index (χ2v) is 3.59. The van der Waals surface area contributed by atoms with Gasteiger partial charge >= 0.3 is 0 Å². The first-order chi connectivity index (χ1) is 5.27. The lowest BCUT2D eigenvalue weighted by molar-refractivity contribution is 1.21. The number of nitrogens with zero attached hydrogens (tertiary/aromatic N) is 1. The van der Waals surface area contributed by atoms with Gasteiger partial charge in [0, 0.05) is 16.2 Å². The molecule has 1 heterocycles. The quantitative estimate of drug-likeness (QED) is 0.648. The summed E-state index contributed by atoms with van der Waals surface area (Å²) >= 11 is 9.28. The number of benzene rings is 1. The van der Waals surface area contributed by atoms with Gasteiger partial charge in [-0.1, -0.05) is 27.5 Å². The van der Waals surface area contributed by atoms with E-state index in [1.807, 2.05) is 18.2 Å². The van der Waals surface area contributed by atoms with Crippen molar-refractivity contribution >= 4 is 39.3 Å². The normalized spacial score (nSPS) is 12.9. The molecule has 1 aliphatic rings. The minimum absolute atomic E-state index is 0.742. The Labute approximate surface area is 78.2 Å². The number of hydrogen-bond donors (Lipinski definition) is 0. The lowest BCUT2D eigenvalue weighted by Gasteiger charge is -2.00. The van der Waals surface area contributed by atoms with Crippen LogP contribution in [0.5, 0.6) is 0 Å². The summed E-state index contributed by atoms with van der Waals surface area (Å²) in [5.41, 5.74) is 1.94. The van der Waals surface area contributed by atoms with E-state index in [-0.39, 0.29) is 0 Å². The minimum atomic E-state index is 0.742. The van der Waals surface area contributed by atoms with Crippen molar-refractivity contribution in [2.24, 2.45) is 0 Å². The maximum Gasteiger partial charge on any atom is 0.0728 e. The minimum Gasteiger partial charge on any atom is -0.256 e. The van der Waals surface area contributed by atoms with Gasteiger partial charge in [-0.2, -0.15) is 0 Å². The van der Waals surface area contributed by atoms with Crippen molar-refractivity contribution in [3.63, 3.8) is 0 Å². The van der Waals surface area contributed by atoms with E-state index in [0.717, 1.165) is 20.7 Å². The SMILES string of the molecule is Clc1cc(Br)cc2c1C=C[N]2. The van der Waals surface area contributed by atoms with Crippen LogP contribution in [0.1, 0.15) is 5.56 Å². The van der Waals surface area contributed by atoms with Crippen LogP contribution in [0, 0.1) is 0 Å². The molecule has 1 aliphatic heterocycles. The van der Waals surface area contributed by atoms with Gasteiger partial charge in [0.1, 0.15) is 0 Å². The summed E-state index contributed by atoms with van der Waals surface area (Å²) in [6, 6.07) is 3.81. The average molecular weight is 229 g/mol. The van der Waals surface area contributed by atoms with Crippen LogP contribution in [0.3, 0.4) is 0 Å². The van der Waals surface area contributed by atoms with Crippen LogP contribution in [-0.2, 0) is 0 Å². The highest BCUT2D eigenvalue weighted by atomic mass is 79.9. The number of hydrogen-bond acceptors (Lipinski definition) is 0. The molecule has 1 nitrogen and oxygen atoms in total. The third-order valence-electron chi connectivity index (χ3n) is 1.53. The smallest absolute Gasteiger partial charge is 0.0728 e. The van der Waals surface area contributed by atoms with E-state index < -0.39 is 0 Å². The summed E-state index contributed by atoms with van der Waals surface area (Å²) < 4.78 is 0.966. The van der Waals surface area contributed by atoms with Crippen LogP contribution >= 0.6 is 27.5 Å². The van der Waals surface area contributed by atoms with Crippen molar-refractivity contribution in [3.05, 3.63) is 33.4 Å². The van der Waals surface area contributed by atoms with Gasteiger partial charge in [0.05, 0.1) is 10.7 Å². The van der Waals surface area contributed by atoms with Crippen LogP contribution in [0.25, 0.3) is 6.08 Å². The highest BCUT2D eigenvalue weighted by Gasteiger charge is 2.10. The zero-order valence-electron chi connectivity index (χ0n) is 5.51. The van der Waals surface area contributed by atoms with Gasteiger partial charge in [0.25, 0.3) is 0 Å². The van der Waals surface area contributed by atoms with Crippen LogP contribution in [-0.4, -0.2) is 0 Å². The first-order valence-electron chi connectivity index (χ1n) is 3.14. The summed E-state index contributed by atoms with van der Waals surface area (Å²) in [5, 5.41) is 4.87. The largest absolute Gasteiger partial charge is 0.256 e. The highest BCUT2D eigenvalue weighted by molar-refractivity contribution is 9.10. The fourth-order valence-electron chi connectivity index (χ4n) is 1.04. The van der Waals surface area contributed by atoms with Gasteiger partial charge in [-0.05, 0) is 18.2 Å². The Hall–Kier alpha value is -0.470. The second kappa shape index (κ2) is 2.54. The number of rotatable bonds is 0. The summed E-state index contributed by atoms with van der Waals surface area (Å²) in [4.78, 5) is 0. The van der Waals surface area contributed by atoms with Gasteiger partial charge < -0.3 is 0 Å². The van der Waals surface area contributed by atoms with Crippen LogP contribution in [0.2, 0.25) is 5.02 Å². The molecule has 0 saturated heterocycles. The summed E-state index contributed by atoms with van der Waals surface area (Å²) in [6.07, 6.45) is 3.66. The molecule has 0 fully saturated rings. The lowest BCUT2D eigenvalue weighted by Crippen LogP contribution is -1.82. The Morgan fingerprint density at radius 3 is 3.00 bits per heavy atom. The van der Waals surface area contributed by atoms with Gasteiger partial charge in [0.2, 0.25) is 0 Å². The Morgan fingerprint density at radius 2 is 2.18 bits per heavy atom. The highest BCUT2D eigenvalue weighted by Crippen LogP contribution is 2.33. The number of fused-ring (bicyclic) bond motifs is 1. The van der Waals surface area contributed by atoms with Crippen molar-refractivity contribution in [1.82, 2.24) is 5.32 Å². The van der Waals surface area contributed by atoms with E-state index in [2.05, 4.69) is 21.2 Å². The molecule has 0 atom stereocenters. The van der Waals surface area contributed by atoms with Gasteiger partial charge in [0.15, 0.2) is 0 Å². The maximum absolute atomic E-state index is 5.93. The average Bonchev–Trinajstić information content (AvgIpc) is 2.34. The van der Waals surface area contributed by atoms with Crippen molar-refractivity contribution in [2.75, 3.05) is 0 Å². The van der Waals surface area contributed by atoms with Gasteiger partial charge in [-0.3, -0.25) is 5.32 Å².